The number of methoxy groups -OCH3 is 1. The van der Waals surface area contributed by atoms with E-state index in [0.29, 0.717) is 19.8 Å². The van der Waals surface area contributed by atoms with Crippen LogP contribution >= 0.6 is 0 Å². The molecule has 29 heavy (non-hydrogen) atoms. The molecule has 0 saturated carbocycles. The molecule has 8 heteroatoms. The van der Waals surface area contributed by atoms with Crippen molar-refractivity contribution < 1.29 is 22.7 Å². The number of amides is 1. The van der Waals surface area contributed by atoms with Gasteiger partial charge in [0, 0.05) is 25.2 Å². The van der Waals surface area contributed by atoms with Gasteiger partial charge in [-0.05, 0) is 29.7 Å². The summed E-state index contributed by atoms with van der Waals surface area (Å²) in [6.45, 7) is 3.71. The number of nitrogens with one attached hydrogen (secondary N) is 1. The maximum Gasteiger partial charge on any atom is 0.251 e. The van der Waals surface area contributed by atoms with E-state index >= 15 is 0 Å². The second-order valence-electron chi connectivity index (χ2n) is 6.90. The summed E-state index contributed by atoms with van der Waals surface area (Å²) in [5.41, 5.74) is 1.40. The third-order valence-electron chi connectivity index (χ3n) is 4.95. The molecule has 0 aromatic heterocycles. The average molecular weight is 419 g/mol. The molecule has 3 rings (SSSR count). The van der Waals surface area contributed by atoms with Crippen molar-refractivity contribution in [1.82, 2.24) is 9.62 Å². The Morgan fingerprint density at radius 2 is 1.86 bits per heavy atom. The minimum absolute atomic E-state index is 0.00865. The van der Waals surface area contributed by atoms with Crippen LogP contribution in [0.5, 0.6) is 5.75 Å². The van der Waals surface area contributed by atoms with Gasteiger partial charge < -0.3 is 14.8 Å². The van der Waals surface area contributed by atoms with Gasteiger partial charge in [-0.3, -0.25) is 4.79 Å². The van der Waals surface area contributed by atoms with Crippen LogP contribution in [0.4, 0.5) is 0 Å². The molecule has 1 fully saturated rings. The Morgan fingerprint density at radius 3 is 2.52 bits per heavy atom. The third-order valence-corrected chi connectivity index (χ3v) is 6.87. The lowest BCUT2D eigenvalue weighted by molar-refractivity contribution is 0.0729. The summed E-state index contributed by atoms with van der Waals surface area (Å²) in [6.07, 6.45) is 0. The number of carbonyl (C=O) groups excluding carboxylic acids is 1. The SMILES string of the molecule is COc1ccc(C(=O)NC[C@H](C)c2ccccc2)cc1S(=O)(=O)N1CCOCC1. The summed E-state index contributed by atoms with van der Waals surface area (Å²) >= 11 is 0. The molecule has 1 saturated heterocycles. The van der Waals surface area contributed by atoms with E-state index in [2.05, 4.69) is 5.32 Å². The van der Waals surface area contributed by atoms with E-state index in [1.807, 2.05) is 37.3 Å². The van der Waals surface area contributed by atoms with Crippen LogP contribution in [0.1, 0.15) is 28.8 Å². The van der Waals surface area contributed by atoms with Crippen LogP contribution < -0.4 is 10.1 Å². The number of benzene rings is 2. The largest absolute Gasteiger partial charge is 0.495 e. The minimum atomic E-state index is -3.79. The Hall–Kier alpha value is -2.42. The highest BCUT2D eigenvalue weighted by Gasteiger charge is 2.30. The van der Waals surface area contributed by atoms with E-state index in [1.165, 1.54) is 23.5 Å². The smallest absolute Gasteiger partial charge is 0.251 e. The zero-order valence-corrected chi connectivity index (χ0v) is 17.4. The van der Waals surface area contributed by atoms with Gasteiger partial charge in [0.2, 0.25) is 10.0 Å². The Bertz CT molecular complexity index is 941. The van der Waals surface area contributed by atoms with Crippen molar-refractivity contribution in [1.29, 1.82) is 0 Å². The monoisotopic (exact) mass is 418 g/mol. The van der Waals surface area contributed by atoms with Gasteiger partial charge in [-0.15, -0.1) is 0 Å². The quantitative estimate of drug-likeness (QED) is 0.746. The molecule has 0 spiro atoms. The van der Waals surface area contributed by atoms with Gasteiger partial charge >= 0.3 is 0 Å². The van der Waals surface area contributed by atoms with Crippen LogP contribution in [0.15, 0.2) is 53.4 Å². The van der Waals surface area contributed by atoms with E-state index in [1.54, 1.807) is 6.07 Å². The molecule has 0 aliphatic carbocycles. The molecule has 1 aliphatic heterocycles. The predicted octanol–water partition coefficient (Wildman–Crippen LogP) is 2.25. The molecular weight excluding hydrogens is 392 g/mol. The first-order chi connectivity index (χ1) is 13.9. The molecule has 1 amide bonds. The number of ether oxygens (including phenoxy) is 2. The molecule has 2 aromatic rings. The molecule has 1 atom stereocenters. The summed E-state index contributed by atoms with van der Waals surface area (Å²) < 4.78 is 37.9. The summed E-state index contributed by atoms with van der Waals surface area (Å²) in [4.78, 5) is 12.6. The van der Waals surface area contributed by atoms with Crippen molar-refractivity contribution in [3.8, 4) is 5.75 Å². The van der Waals surface area contributed by atoms with Crippen LogP contribution in [-0.4, -0.2) is 58.6 Å². The molecular formula is C21H26N2O5S. The molecule has 2 aromatic carbocycles. The number of hydrogen-bond donors (Lipinski definition) is 1. The third kappa shape index (κ3) is 4.95. The Balaban J connectivity index is 1.78. The Morgan fingerprint density at radius 1 is 1.17 bits per heavy atom. The molecule has 0 unspecified atom stereocenters. The van der Waals surface area contributed by atoms with Crippen LogP contribution in [0.25, 0.3) is 0 Å². The highest BCUT2D eigenvalue weighted by molar-refractivity contribution is 7.89. The predicted molar refractivity (Wildman–Crippen MR) is 110 cm³/mol. The van der Waals surface area contributed by atoms with Crippen molar-refractivity contribution >= 4 is 15.9 Å². The van der Waals surface area contributed by atoms with Gasteiger partial charge in [0.25, 0.3) is 5.91 Å². The molecule has 156 valence electrons. The van der Waals surface area contributed by atoms with Gasteiger partial charge in [0.1, 0.15) is 10.6 Å². The number of morpholine rings is 1. The lowest BCUT2D eigenvalue weighted by Crippen LogP contribution is -2.40. The summed E-state index contributed by atoms with van der Waals surface area (Å²) in [6, 6.07) is 14.4. The van der Waals surface area contributed by atoms with Crippen molar-refractivity contribution in [3.63, 3.8) is 0 Å². The Labute approximate surface area is 171 Å². The lowest BCUT2D eigenvalue weighted by Gasteiger charge is -2.26. The highest BCUT2D eigenvalue weighted by atomic mass is 32.2. The fraction of sp³-hybridized carbons (Fsp3) is 0.381. The van der Waals surface area contributed by atoms with Crippen LogP contribution in [0.3, 0.4) is 0 Å². The topological polar surface area (TPSA) is 84.9 Å². The number of carbonyl (C=O) groups is 1. The molecule has 1 N–H and O–H groups in total. The van der Waals surface area contributed by atoms with Crippen molar-refractivity contribution in [2.75, 3.05) is 40.0 Å². The normalized spacial score (nSPS) is 16.2. The van der Waals surface area contributed by atoms with Crippen molar-refractivity contribution in [2.24, 2.45) is 0 Å². The maximum absolute atomic E-state index is 13.1. The number of rotatable bonds is 7. The van der Waals surface area contributed by atoms with Crippen LogP contribution in [0, 0.1) is 0 Å². The lowest BCUT2D eigenvalue weighted by atomic mass is 10.0. The van der Waals surface area contributed by atoms with Gasteiger partial charge in [-0.1, -0.05) is 37.3 Å². The maximum atomic E-state index is 13.1. The Kier molecular flexibility index (Phi) is 6.89. The molecule has 1 heterocycles. The van der Waals surface area contributed by atoms with E-state index in [4.69, 9.17) is 9.47 Å². The molecule has 7 nitrogen and oxygen atoms in total. The zero-order chi connectivity index (χ0) is 20.9. The van der Waals surface area contributed by atoms with Gasteiger partial charge in [0.05, 0.1) is 20.3 Å². The van der Waals surface area contributed by atoms with Gasteiger partial charge in [-0.25, -0.2) is 8.42 Å². The standard InChI is InChI=1S/C21H26N2O5S/c1-16(17-6-4-3-5-7-17)15-22-21(24)18-8-9-19(27-2)20(14-18)29(25,26)23-10-12-28-13-11-23/h3-9,14,16H,10-13,15H2,1-2H3,(H,22,24)/t16-/m0/s1. The van der Waals surface area contributed by atoms with Gasteiger partial charge in [-0.2, -0.15) is 4.31 Å². The fourth-order valence-corrected chi connectivity index (χ4v) is 4.78. The number of sulfonamides is 1. The van der Waals surface area contributed by atoms with E-state index in [0.717, 1.165) is 5.56 Å². The van der Waals surface area contributed by atoms with Crippen molar-refractivity contribution in [3.05, 3.63) is 59.7 Å². The van der Waals surface area contributed by atoms with E-state index in [9.17, 15) is 13.2 Å². The number of hydrogen-bond acceptors (Lipinski definition) is 5. The van der Waals surface area contributed by atoms with E-state index in [-0.39, 0.29) is 41.1 Å². The van der Waals surface area contributed by atoms with Gasteiger partial charge in [0.15, 0.2) is 0 Å². The first-order valence-corrected chi connectivity index (χ1v) is 11.0. The fourth-order valence-electron chi connectivity index (χ4n) is 3.19. The summed E-state index contributed by atoms with van der Waals surface area (Å²) in [5, 5.41) is 2.88. The molecule has 0 bridgehead atoms. The van der Waals surface area contributed by atoms with Crippen LogP contribution in [0.2, 0.25) is 0 Å². The molecule has 1 aliphatic rings. The van der Waals surface area contributed by atoms with Crippen LogP contribution in [-0.2, 0) is 14.8 Å². The second kappa shape index (κ2) is 9.39. The second-order valence-corrected chi connectivity index (χ2v) is 8.81. The molecule has 0 radical (unpaired) electrons. The summed E-state index contributed by atoms with van der Waals surface area (Å²) in [7, 11) is -2.38. The minimum Gasteiger partial charge on any atom is -0.495 e. The average Bonchev–Trinajstić information content (AvgIpc) is 2.77. The number of nitrogens with zero attached hydrogens (tertiary/aromatic N) is 1. The summed E-state index contributed by atoms with van der Waals surface area (Å²) in [5.74, 6) is 0.0227. The highest BCUT2D eigenvalue weighted by Crippen LogP contribution is 2.28. The van der Waals surface area contributed by atoms with Crippen molar-refractivity contribution in [2.45, 2.75) is 17.7 Å². The zero-order valence-electron chi connectivity index (χ0n) is 16.6. The first-order valence-electron chi connectivity index (χ1n) is 9.52. The first kappa shape index (κ1) is 21.3. The van der Waals surface area contributed by atoms with E-state index < -0.39 is 10.0 Å².